The average molecular weight is 472 g/mol. The summed E-state index contributed by atoms with van der Waals surface area (Å²) in [5, 5.41) is 4.72. The van der Waals surface area contributed by atoms with Gasteiger partial charge >= 0.3 is 5.97 Å². The standard InChI is InChI=1S/C27H29N5O3/c1-3-35-27(33)26-22-18-31(17-20-5-4-6-23-25(20)29-14-13-28-23)15-12-24(22)32(30-26)16-11-19-7-9-21(34-2)10-8-19/h4-10,13-14H,3,11-12,15-18H2,1-2H3. The summed E-state index contributed by atoms with van der Waals surface area (Å²) in [6.45, 7) is 5.09. The van der Waals surface area contributed by atoms with Crippen molar-refractivity contribution in [1.82, 2.24) is 24.6 Å². The maximum Gasteiger partial charge on any atom is 0.359 e. The molecule has 8 nitrogen and oxygen atoms in total. The molecule has 0 saturated carbocycles. The van der Waals surface area contributed by atoms with Crippen molar-refractivity contribution in [3.8, 4) is 5.75 Å². The number of para-hydroxylation sites is 1. The van der Waals surface area contributed by atoms with Crippen molar-refractivity contribution in [1.29, 1.82) is 0 Å². The molecule has 5 rings (SSSR count). The number of nitrogens with zero attached hydrogens (tertiary/aromatic N) is 5. The highest BCUT2D eigenvalue weighted by atomic mass is 16.5. The fourth-order valence-electron chi connectivity index (χ4n) is 4.68. The Labute approximate surface area is 204 Å². The number of hydrogen-bond acceptors (Lipinski definition) is 7. The van der Waals surface area contributed by atoms with Gasteiger partial charge in [-0.15, -0.1) is 0 Å². The second-order valence-electron chi connectivity index (χ2n) is 8.62. The molecule has 1 aliphatic heterocycles. The molecule has 0 saturated heterocycles. The van der Waals surface area contributed by atoms with Crippen LogP contribution in [0.1, 0.15) is 39.8 Å². The molecule has 0 bridgehead atoms. The Hall–Kier alpha value is -3.78. The number of aryl methyl sites for hydroxylation is 2. The van der Waals surface area contributed by atoms with E-state index in [0.29, 0.717) is 25.4 Å². The fraction of sp³-hybridized carbons (Fsp3) is 0.333. The second-order valence-corrected chi connectivity index (χ2v) is 8.62. The molecule has 0 N–H and O–H groups in total. The van der Waals surface area contributed by atoms with Crippen LogP contribution >= 0.6 is 0 Å². The minimum absolute atomic E-state index is 0.324. The summed E-state index contributed by atoms with van der Waals surface area (Å²) < 4.78 is 12.6. The van der Waals surface area contributed by atoms with E-state index in [1.165, 1.54) is 5.56 Å². The van der Waals surface area contributed by atoms with Crippen LogP contribution in [0.3, 0.4) is 0 Å². The van der Waals surface area contributed by atoms with Crippen LogP contribution < -0.4 is 4.74 Å². The summed E-state index contributed by atoms with van der Waals surface area (Å²) in [5.41, 5.74) is 6.65. The molecule has 0 fully saturated rings. The summed E-state index contributed by atoms with van der Waals surface area (Å²) in [5.74, 6) is 0.483. The first-order valence-corrected chi connectivity index (χ1v) is 12.0. The summed E-state index contributed by atoms with van der Waals surface area (Å²) in [6.07, 6.45) is 5.08. The summed E-state index contributed by atoms with van der Waals surface area (Å²) in [7, 11) is 1.67. The molecule has 35 heavy (non-hydrogen) atoms. The highest BCUT2D eigenvalue weighted by Crippen LogP contribution is 2.26. The van der Waals surface area contributed by atoms with Gasteiger partial charge in [0.2, 0.25) is 0 Å². The van der Waals surface area contributed by atoms with E-state index in [-0.39, 0.29) is 5.97 Å². The molecule has 0 unspecified atom stereocenters. The normalized spacial score (nSPS) is 13.5. The number of aromatic nitrogens is 4. The van der Waals surface area contributed by atoms with E-state index in [1.807, 2.05) is 35.9 Å². The van der Waals surface area contributed by atoms with Gasteiger partial charge in [-0.2, -0.15) is 5.10 Å². The van der Waals surface area contributed by atoms with E-state index in [2.05, 4.69) is 33.1 Å². The Morgan fingerprint density at radius 1 is 1.09 bits per heavy atom. The molecule has 0 spiro atoms. The number of rotatable bonds is 8. The van der Waals surface area contributed by atoms with Crippen LogP contribution in [0.4, 0.5) is 0 Å². The van der Waals surface area contributed by atoms with Crippen molar-refractivity contribution in [2.24, 2.45) is 0 Å². The van der Waals surface area contributed by atoms with Crippen LogP contribution in [-0.2, 0) is 37.2 Å². The molecule has 8 heteroatoms. The van der Waals surface area contributed by atoms with Crippen LogP contribution in [0.2, 0.25) is 0 Å². The zero-order valence-corrected chi connectivity index (χ0v) is 20.1. The Balaban J connectivity index is 1.38. The maximum absolute atomic E-state index is 12.8. The van der Waals surface area contributed by atoms with E-state index in [4.69, 9.17) is 14.6 Å². The van der Waals surface area contributed by atoms with Gasteiger partial charge in [0.25, 0.3) is 0 Å². The molecule has 4 aromatic rings. The first-order chi connectivity index (χ1) is 17.2. The van der Waals surface area contributed by atoms with E-state index >= 15 is 0 Å². The maximum atomic E-state index is 12.8. The lowest BCUT2D eigenvalue weighted by Crippen LogP contribution is -2.31. The van der Waals surface area contributed by atoms with Crippen LogP contribution in [-0.4, -0.2) is 50.9 Å². The first kappa shape index (κ1) is 23.0. The first-order valence-electron chi connectivity index (χ1n) is 12.0. The van der Waals surface area contributed by atoms with Crippen molar-refractivity contribution < 1.29 is 14.3 Å². The number of hydrogen-bond donors (Lipinski definition) is 0. The molecule has 3 heterocycles. The molecule has 180 valence electrons. The molecule has 0 atom stereocenters. The Morgan fingerprint density at radius 2 is 1.91 bits per heavy atom. The topological polar surface area (TPSA) is 82.4 Å². The van der Waals surface area contributed by atoms with Crippen molar-refractivity contribution in [3.63, 3.8) is 0 Å². The molecular weight excluding hydrogens is 442 g/mol. The molecule has 0 aliphatic carbocycles. The fourth-order valence-corrected chi connectivity index (χ4v) is 4.68. The van der Waals surface area contributed by atoms with E-state index < -0.39 is 0 Å². The minimum Gasteiger partial charge on any atom is -0.497 e. The second kappa shape index (κ2) is 10.2. The van der Waals surface area contributed by atoms with Crippen molar-refractivity contribution in [3.05, 3.63) is 82.9 Å². The lowest BCUT2D eigenvalue weighted by Gasteiger charge is -2.28. The zero-order valence-electron chi connectivity index (χ0n) is 20.1. The number of carbonyl (C=O) groups is 1. The van der Waals surface area contributed by atoms with Gasteiger partial charge in [-0.1, -0.05) is 24.3 Å². The van der Waals surface area contributed by atoms with E-state index in [0.717, 1.165) is 59.5 Å². The van der Waals surface area contributed by atoms with Gasteiger partial charge in [0.1, 0.15) is 5.75 Å². The van der Waals surface area contributed by atoms with Crippen LogP contribution in [0.5, 0.6) is 5.75 Å². The lowest BCUT2D eigenvalue weighted by molar-refractivity contribution is 0.0515. The Morgan fingerprint density at radius 3 is 2.71 bits per heavy atom. The van der Waals surface area contributed by atoms with E-state index in [9.17, 15) is 4.79 Å². The van der Waals surface area contributed by atoms with Gasteiger partial charge in [-0.3, -0.25) is 19.5 Å². The van der Waals surface area contributed by atoms with E-state index in [1.54, 1.807) is 19.5 Å². The zero-order chi connectivity index (χ0) is 24.2. The van der Waals surface area contributed by atoms with Gasteiger partial charge in [0.05, 0.1) is 24.8 Å². The third-order valence-electron chi connectivity index (χ3n) is 6.43. The predicted octanol–water partition coefficient (Wildman–Crippen LogP) is 3.81. The van der Waals surface area contributed by atoms with Crippen LogP contribution in [0.25, 0.3) is 11.0 Å². The molecule has 1 aliphatic rings. The number of esters is 1. The van der Waals surface area contributed by atoms with Gasteiger partial charge in [-0.05, 0) is 42.7 Å². The smallest absolute Gasteiger partial charge is 0.359 e. The Kier molecular flexibility index (Phi) is 6.72. The highest BCUT2D eigenvalue weighted by Gasteiger charge is 2.29. The third kappa shape index (κ3) is 4.88. The van der Waals surface area contributed by atoms with Crippen molar-refractivity contribution in [2.75, 3.05) is 20.3 Å². The molecule has 2 aromatic heterocycles. The number of methoxy groups -OCH3 is 1. The third-order valence-corrected chi connectivity index (χ3v) is 6.43. The van der Waals surface area contributed by atoms with Gasteiger partial charge < -0.3 is 9.47 Å². The lowest BCUT2D eigenvalue weighted by atomic mass is 10.0. The molecule has 0 amide bonds. The minimum atomic E-state index is -0.357. The monoisotopic (exact) mass is 471 g/mol. The van der Waals surface area contributed by atoms with Crippen molar-refractivity contribution >= 4 is 17.0 Å². The number of ether oxygens (including phenoxy) is 2. The largest absolute Gasteiger partial charge is 0.497 e. The number of carbonyl (C=O) groups excluding carboxylic acids is 1. The summed E-state index contributed by atoms with van der Waals surface area (Å²) in [4.78, 5) is 24.1. The van der Waals surface area contributed by atoms with Crippen LogP contribution in [0, 0.1) is 0 Å². The number of benzene rings is 2. The van der Waals surface area contributed by atoms with Gasteiger partial charge in [0.15, 0.2) is 5.69 Å². The highest BCUT2D eigenvalue weighted by molar-refractivity contribution is 5.89. The van der Waals surface area contributed by atoms with Crippen molar-refractivity contribution in [2.45, 2.75) is 39.4 Å². The quantitative estimate of drug-likeness (QED) is 0.361. The molecular formula is C27H29N5O3. The van der Waals surface area contributed by atoms with Crippen LogP contribution in [0.15, 0.2) is 54.9 Å². The molecule has 2 aromatic carbocycles. The summed E-state index contributed by atoms with van der Waals surface area (Å²) >= 11 is 0. The van der Waals surface area contributed by atoms with Gasteiger partial charge in [0, 0.05) is 56.3 Å². The summed E-state index contributed by atoms with van der Waals surface area (Å²) in [6, 6.07) is 14.2. The average Bonchev–Trinajstić information content (AvgIpc) is 3.26. The number of fused-ring (bicyclic) bond motifs is 2. The van der Waals surface area contributed by atoms with Gasteiger partial charge in [-0.25, -0.2) is 4.79 Å². The Bertz CT molecular complexity index is 1330. The molecule has 0 radical (unpaired) electrons. The SMILES string of the molecule is CCOC(=O)c1nn(CCc2ccc(OC)cc2)c2c1CN(Cc1cccc3nccnc13)CC2. The predicted molar refractivity (Wildman–Crippen MR) is 132 cm³/mol.